The summed E-state index contributed by atoms with van der Waals surface area (Å²) in [5, 5.41) is 17.2. The minimum Gasteiger partial charge on any atom is -0.393 e. The van der Waals surface area contributed by atoms with E-state index in [1.165, 1.54) is 0 Å². The second-order valence-electron chi connectivity index (χ2n) is 5.94. The molecule has 0 bridgehead atoms. The molecule has 118 valence electrons. The Labute approximate surface area is 126 Å². The molecule has 0 aliphatic heterocycles. The van der Waals surface area contributed by atoms with Gasteiger partial charge >= 0.3 is 6.03 Å². The van der Waals surface area contributed by atoms with E-state index in [1.807, 2.05) is 20.2 Å². The van der Waals surface area contributed by atoms with E-state index in [0.29, 0.717) is 6.54 Å². The molecule has 0 spiro atoms. The highest BCUT2D eigenvalue weighted by atomic mass is 16.3. The molecule has 2 atom stereocenters. The summed E-state index contributed by atoms with van der Waals surface area (Å²) in [7, 11) is 3.62. The van der Waals surface area contributed by atoms with Gasteiger partial charge in [-0.25, -0.2) is 4.79 Å². The molecule has 2 unspecified atom stereocenters. The summed E-state index contributed by atoms with van der Waals surface area (Å²) < 4.78 is 1.71. The van der Waals surface area contributed by atoms with Crippen LogP contribution in [0.15, 0.2) is 6.20 Å². The molecule has 1 aromatic rings. The number of anilines is 1. The summed E-state index contributed by atoms with van der Waals surface area (Å²) in [4.78, 5) is 13.9. The number of rotatable bonds is 4. The van der Waals surface area contributed by atoms with Crippen LogP contribution < -0.4 is 5.32 Å². The zero-order valence-electron chi connectivity index (χ0n) is 13.2. The third kappa shape index (κ3) is 3.97. The third-order valence-corrected chi connectivity index (χ3v) is 4.21. The van der Waals surface area contributed by atoms with Gasteiger partial charge < -0.3 is 15.3 Å². The highest BCUT2D eigenvalue weighted by molar-refractivity contribution is 5.89. The van der Waals surface area contributed by atoms with Crippen molar-refractivity contribution in [2.75, 3.05) is 18.9 Å². The Hall–Kier alpha value is -1.56. The normalized spacial score (nSPS) is 22.1. The summed E-state index contributed by atoms with van der Waals surface area (Å²) in [5.74, 6) is 0.189. The number of nitrogens with one attached hydrogen (secondary N) is 1. The molecule has 1 aliphatic carbocycles. The molecule has 6 nitrogen and oxygen atoms in total. The van der Waals surface area contributed by atoms with E-state index in [-0.39, 0.29) is 18.1 Å². The van der Waals surface area contributed by atoms with E-state index in [9.17, 15) is 9.90 Å². The number of aliphatic hydroxyl groups excluding tert-OH is 1. The van der Waals surface area contributed by atoms with Gasteiger partial charge in [0.2, 0.25) is 0 Å². The molecule has 1 aromatic heterocycles. The standard InChI is InChI=1S/C15H26N4O2/c1-4-12-13(10-19(3)17-12)16-15(21)18(2)9-11-7-5-6-8-14(11)20/h10-11,14,20H,4-9H2,1-3H3,(H,16,21). The van der Waals surface area contributed by atoms with Crippen molar-refractivity contribution >= 4 is 11.7 Å². The average Bonchev–Trinajstić information content (AvgIpc) is 2.81. The molecular formula is C15H26N4O2. The molecule has 0 radical (unpaired) electrons. The summed E-state index contributed by atoms with van der Waals surface area (Å²) in [6, 6.07) is -0.143. The van der Waals surface area contributed by atoms with Crippen molar-refractivity contribution in [1.29, 1.82) is 0 Å². The van der Waals surface area contributed by atoms with Crippen LogP contribution in [0.5, 0.6) is 0 Å². The Morgan fingerprint density at radius 2 is 2.24 bits per heavy atom. The van der Waals surface area contributed by atoms with Gasteiger partial charge in [0.25, 0.3) is 0 Å². The van der Waals surface area contributed by atoms with Crippen molar-refractivity contribution in [3.63, 3.8) is 0 Å². The van der Waals surface area contributed by atoms with Crippen LogP contribution in [0, 0.1) is 5.92 Å². The number of aliphatic hydroxyl groups is 1. The Morgan fingerprint density at radius 1 is 1.52 bits per heavy atom. The lowest BCUT2D eigenvalue weighted by Gasteiger charge is -2.31. The number of hydrogen-bond acceptors (Lipinski definition) is 3. The van der Waals surface area contributed by atoms with E-state index in [0.717, 1.165) is 43.5 Å². The molecule has 2 rings (SSSR count). The van der Waals surface area contributed by atoms with Crippen LogP contribution in [-0.4, -0.2) is 45.5 Å². The molecule has 2 amide bonds. The van der Waals surface area contributed by atoms with E-state index < -0.39 is 0 Å². The van der Waals surface area contributed by atoms with Gasteiger partial charge in [0, 0.05) is 32.8 Å². The van der Waals surface area contributed by atoms with Crippen molar-refractivity contribution in [2.24, 2.45) is 13.0 Å². The van der Waals surface area contributed by atoms with Crippen LogP contribution in [0.3, 0.4) is 0 Å². The lowest BCUT2D eigenvalue weighted by molar-refractivity contribution is 0.0575. The number of amides is 2. The molecule has 6 heteroatoms. The fourth-order valence-electron chi connectivity index (χ4n) is 2.95. The second kappa shape index (κ2) is 6.93. The van der Waals surface area contributed by atoms with Crippen molar-refractivity contribution in [1.82, 2.24) is 14.7 Å². The van der Waals surface area contributed by atoms with Gasteiger partial charge in [0.05, 0.1) is 17.5 Å². The second-order valence-corrected chi connectivity index (χ2v) is 5.94. The van der Waals surface area contributed by atoms with Crippen molar-refractivity contribution < 1.29 is 9.90 Å². The molecule has 21 heavy (non-hydrogen) atoms. The summed E-state index contributed by atoms with van der Waals surface area (Å²) in [6.45, 7) is 2.61. The Kier molecular flexibility index (Phi) is 5.22. The zero-order chi connectivity index (χ0) is 15.4. The lowest BCUT2D eigenvalue weighted by Crippen LogP contribution is -2.40. The quantitative estimate of drug-likeness (QED) is 0.892. The summed E-state index contributed by atoms with van der Waals surface area (Å²) in [5.41, 5.74) is 1.65. The van der Waals surface area contributed by atoms with E-state index in [2.05, 4.69) is 10.4 Å². The first-order valence-corrected chi connectivity index (χ1v) is 7.74. The largest absolute Gasteiger partial charge is 0.393 e. The maximum absolute atomic E-state index is 12.3. The van der Waals surface area contributed by atoms with Gasteiger partial charge in [-0.2, -0.15) is 5.10 Å². The number of aryl methyl sites for hydroxylation is 2. The van der Waals surface area contributed by atoms with Gasteiger partial charge in [0.15, 0.2) is 0 Å². The average molecular weight is 294 g/mol. The van der Waals surface area contributed by atoms with Crippen LogP contribution in [0.2, 0.25) is 0 Å². The topological polar surface area (TPSA) is 70.4 Å². The maximum atomic E-state index is 12.3. The summed E-state index contributed by atoms with van der Waals surface area (Å²) >= 11 is 0. The SMILES string of the molecule is CCc1nn(C)cc1NC(=O)N(C)CC1CCCCC1O. The maximum Gasteiger partial charge on any atom is 0.321 e. The fraction of sp³-hybridized carbons (Fsp3) is 0.733. The molecule has 1 aliphatic rings. The number of nitrogens with zero attached hydrogens (tertiary/aromatic N) is 3. The van der Waals surface area contributed by atoms with Gasteiger partial charge in [0.1, 0.15) is 0 Å². The Bertz CT molecular complexity index is 486. The molecule has 2 N–H and O–H groups in total. The molecular weight excluding hydrogens is 268 g/mol. The van der Waals surface area contributed by atoms with Gasteiger partial charge in [-0.1, -0.05) is 19.8 Å². The third-order valence-electron chi connectivity index (χ3n) is 4.21. The molecule has 1 fully saturated rings. The number of urea groups is 1. The predicted molar refractivity (Wildman–Crippen MR) is 82.2 cm³/mol. The predicted octanol–water partition coefficient (Wildman–Crippen LogP) is 2.00. The summed E-state index contributed by atoms with van der Waals surface area (Å²) in [6.07, 6.45) is 6.39. The van der Waals surface area contributed by atoms with E-state index >= 15 is 0 Å². The Balaban J connectivity index is 1.92. The van der Waals surface area contributed by atoms with Crippen LogP contribution in [-0.2, 0) is 13.5 Å². The van der Waals surface area contributed by atoms with Crippen molar-refractivity contribution in [3.8, 4) is 0 Å². The lowest BCUT2D eigenvalue weighted by atomic mass is 9.86. The minimum atomic E-state index is -0.279. The highest BCUT2D eigenvalue weighted by Gasteiger charge is 2.25. The highest BCUT2D eigenvalue weighted by Crippen LogP contribution is 2.25. The molecule has 0 saturated heterocycles. The van der Waals surface area contributed by atoms with Crippen LogP contribution >= 0.6 is 0 Å². The molecule has 1 saturated carbocycles. The Morgan fingerprint density at radius 3 is 2.90 bits per heavy atom. The van der Waals surface area contributed by atoms with Gasteiger partial charge in [-0.05, 0) is 19.3 Å². The minimum absolute atomic E-state index is 0.143. The fourth-order valence-corrected chi connectivity index (χ4v) is 2.95. The first-order chi connectivity index (χ1) is 10.0. The van der Waals surface area contributed by atoms with E-state index in [1.54, 1.807) is 16.6 Å². The monoisotopic (exact) mass is 294 g/mol. The first kappa shape index (κ1) is 15.8. The number of aromatic nitrogens is 2. The van der Waals surface area contributed by atoms with Gasteiger partial charge in [-0.3, -0.25) is 4.68 Å². The number of hydrogen-bond donors (Lipinski definition) is 2. The zero-order valence-corrected chi connectivity index (χ0v) is 13.2. The van der Waals surface area contributed by atoms with Gasteiger partial charge in [-0.15, -0.1) is 0 Å². The number of carbonyl (C=O) groups excluding carboxylic acids is 1. The first-order valence-electron chi connectivity index (χ1n) is 7.74. The molecule has 0 aromatic carbocycles. The molecule has 1 heterocycles. The van der Waals surface area contributed by atoms with Crippen LogP contribution in [0.1, 0.15) is 38.3 Å². The van der Waals surface area contributed by atoms with Crippen LogP contribution in [0.4, 0.5) is 10.5 Å². The number of carbonyl (C=O) groups is 1. The van der Waals surface area contributed by atoms with E-state index in [4.69, 9.17) is 0 Å². The van der Waals surface area contributed by atoms with Crippen molar-refractivity contribution in [3.05, 3.63) is 11.9 Å². The smallest absolute Gasteiger partial charge is 0.321 e. The van der Waals surface area contributed by atoms with Crippen LogP contribution in [0.25, 0.3) is 0 Å². The van der Waals surface area contributed by atoms with Crippen molar-refractivity contribution in [2.45, 2.75) is 45.1 Å².